The molecule has 1 saturated carbocycles. The van der Waals surface area contributed by atoms with Gasteiger partial charge in [0, 0.05) is 48.7 Å². The quantitative estimate of drug-likeness (QED) is 0.348. The molecule has 2 N–H and O–H groups in total. The summed E-state index contributed by atoms with van der Waals surface area (Å²) < 4.78 is 12.0. The minimum Gasteiger partial charge on any atom is -0.386 e. The molecule has 2 aliphatic carbocycles. The Bertz CT molecular complexity index is 1740. The molecule has 10 heteroatoms. The molecule has 1 aliphatic heterocycles. The second kappa shape index (κ2) is 9.81. The van der Waals surface area contributed by atoms with Crippen molar-refractivity contribution in [3.05, 3.63) is 76.9 Å². The molecule has 4 aromatic rings. The number of rotatable bonds is 6. The fraction of sp³-hybridized carbons (Fsp3) is 0.419. The summed E-state index contributed by atoms with van der Waals surface area (Å²) in [4.78, 5) is 32.2. The standard InChI is InChI=1S/C31H36N8O2/c1-4-15-38-29(41)24-18-32-30(33-22-6-8-23(9-7-22)37-17-16-36(3)20(2)19-37)35-28(24)39(38)25-10-5-21-11-12-31(13-14-31)27(40)26(21)34-25/h4-10,18,20,27,40H,1,11-17,19H2,2-3H3,(H,32,33,35)/t20-,27-/m0/s1/i27D. The second-order valence-electron chi connectivity index (χ2n) is 11.7. The van der Waals surface area contributed by atoms with Gasteiger partial charge in [-0.1, -0.05) is 12.1 Å². The molecule has 41 heavy (non-hydrogen) atoms. The van der Waals surface area contributed by atoms with E-state index in [4.69, 9.17) is 11.3 Å². The van der Waals surface area contributed by atoms with E-state index in [-0.39, 0.29) is 12.1 Å². The zero-order valence-electron chi connectivity index (χ0n) is 24.5. The van der Waals surface area contributed by atoms with E-state index in [9.17, 15) is 9.90 Å². The van der Waals surface area contributed by atoms with Gasteiger partial charge in [0.25, 0.3) is 5.56 Å². The molecule has 0 bridgehead atoms. The number of piperazine rings is 1. The molecule has 1 spiro atoms. The van der Waals surface area contributed by atoms with E-state index in [1.807, 2.05) is 24.3 Å². The summed E-state index contributed by atoms with van der Waals surface area (Å²) in [6.07, 6.45) is 4.61. The summed E-state index contributed by atoms with van der Waals surface area (Å²) in [5.74, 6) is 0.765. The summed E-state index contributed by atoms with van der Waals surface area (Å²) in [5.41, 5.74) is 2.94. The van der Waals surface area contributed by atoms with Gasteiger partial charge in [-0.2, -0.15) is 4.98 Å². The van der Waals surface area contributed by atoms with Crippen molar-refractivity contribution in [2.24, 2.45) is 5.41 Å². The largest absolute Gasteiger partial charge is 0.386 e. The van der Waals surface area contributed by atoms with Gasteiger partial charge in [-0.3, -0.25) is 4.79 Å². The molecule has 1 aromatic carbocycles. The fourth-order valence-electron chi connectivity index (χ4n) is 6.16. The van der Waals surface area contributed by atoms with Crippen molar-refractivity contribution in [3.8, 4) is 5.82 Å². The van der Waals surface area contributed by atoms with E-state index < -0.39 is 11.5 Å². The zero-order valence-corrected chi connectivity index (χ0v) is 23.5. The van der Waals surface area contributed by atoms with Crippen molar-refractivity contribution in [1.82, 2.24) is 29.2 Å². The first-order valence-electron chi connectivity index (χ1n) is 14.9. The van der Waals surface area contributed by atoms with Crippen LogP contribution in [0.2, 0.25) is 0 Å². The third-order valence-corrected chi connectivity index (χ3v) is 9.06. The van der Waals surface area contributed by atoms with Gasteiger partial charge < -0.3 is 20.2 Å². The summed E-state index contributed by atoms with van der Waals surface area (Å²) in [6, 6.07) is 12.4. The van der Waals surface area contributed by atoms with Crippen LogP contribution in [0, 0.1) is 5.41 Å². The first-order chi connectivity index (χ1) is 20.2. The summed E-state index contributed by atoms with van der Waals surface area (Å²) in [5, 5.41) is 14.9. The Kier molecular flexibility index (Phi) is 5.92. The van der Waals surface area contributed by atoms with Gasteiger partial charge in [0.15, 0.2) is 11.5 Å². The third kappa shape index (κ3) is 4.42. The monoisotopic (exact) mass is 553 g/mol. The Hall–Kier alpha value is -4.02. The number of aliphatic hydroxyl groups is 1. The lowest BCUT2D eigenvalue weighted by Gasteiger charge is -2.39. The number of hydrogen-bond donors (Lipinski definition) is 2. The van der Waals surface area contributed by atoms with Crippen molar-refractivity contribution in [3.63, 3.8) is 0 Å². The Morgan fingerprint density at radius 2 is 1.98 bits per heavy atom. The first kappa shape index (κ1) is 24.8. The van der Waals surface area contributed by atoms with Gasteiger partial charge in [-0.25, -0.2) is 19.3 Å². The van der Waals surface area contributed by atoms with E-state index in [0.29, 0.717) is 34.5 Å². The summed E-state index contributed by atoms with van der Waals surface area (Å²) in [6.45, 7) is 9.31. The molecule has 3 aliphatic rings. The highest BCUT2D eigenvalue weighted by Gasteiger charge is 2.52. The maximum absolute atomic E-state index is 13.4. The van der Waals surface area contributed by atoms with Crippen LogP contribution in [0.4, 0.5) is 17.3 Å². The smallest absolute Gasteiger partial charge is 0.278 e. The fourth-order valence-corrected chi connectivity index (χ4v) is 6.16. The molecule has 7 rings (SSSR count). The van der Waals surface area contributed by atoms with Crippen LogP contribution in [0.1, 0.15) is 44.9 Å². The number of likely N-dealkylation sites (N-methyl/N-ethyl adjacent to an activating group) is 1. The molecule has 10 nitrogen and oxygen atoms in total. The lowest BCUT2D eigenvalue weighted by Crippen LogP contribution is -2.50. The molecule has 4 heterocycles. The van der Waals surface area contributed by atoms with Crippen LogP contribution in [-0.2, 0) is 13.0 Å². The van der Waals surface area contributed by atoms with Crippen molar-refractivity contribution in [2.45, 2.75) is 51.3 Å². The number of nitrogens with one attached hydrogen (secondary N) is 1. The van der Waals surface area contributed by atoms with Gasteiger partial charge in [0.05, 0.1) is 13.6 Å². The molecule has 0 unspecified atom stereocenters. The van der Waals surface area contributed by atoms with Gasteiger partial charge in [-0.05, 0) is 75.5 Å². The molecular formula is C31H36N8O2. The van der Waals surface area contributed by atoms with E-state index in [1.54, 1.807) is 10.8 Å². The number of allylic oxidation sites excluding steroid dienone is 1. The van der Waals surface area contributed by atoms with Crippen molar-refractivity contribution in [1.29, 1.82) is 0 Å². The minimum absolute atomic E-state index is 0.234. The number of fused-ring (bicyclic) bond motifs is 2. The number of hydrogen-bond acceptors (Lipinski definition) is 8. The highest BCUT2D eigenvalue weighted by atomic mass is 16.3. The maximum atomic E-state index is 13.4. The maximum Gasteiger partial charge on any atom is 0.278 e. The molecule has 3 aromatic heterocycles. The highest BCUT2D eigenvalue weighted by Crippen LogP contribution is 2.60. The van der Waals surface area contributed by atoms with Crippen LogP contribution in [0.25, 0.3) is 16.9 Å². The van der Waals surface area contributed by atoms with Gasteiger partial charge in [0.2, 0.25) is 5.95 Å². The molecule has 0 amide bonds. The Labute approximate surface area is 240 Å². The van der Waals surface area contributed by atoms with Crippen LogP contribution in [0.5, 0.6) is 0 Å². The molecule has 2 fully saturated rings. The first-order valence-corrected chi connectivity index (χ1v) is 14.4. The van der Waals surface area contributed by atoms with E-state index in [1.165, 1.54) is 16.6 Å². The second-order valence-corrected chi connectivity index (χ2v) is 11.7. The van der Waals surface area contributed by atoms with Crippen molar-refractivity contribution >= 4 is 28.4 Å². The van der Waals surface area contributed by atoms with Crippen molar-refractivity contribution < 1.29 is 6.48 Å². The summed E-state index contributed by atoms with van der Waals surface area (Å²) >= 11 is 0. The van der Waals surface area contributed by atoms with Crippen LogP contribution in [-0.4, -0.2) is 67.0 Å². The van der Waals surface area contributed by atoms with Gasteiger partial charge in [0.1, 0.15) is 11.5 Å². The van der Waals surface area contributed by atoms with Crippen molar-refractivity contribution in [2.75, 3.05) is 36.9 Å². The Morgan fingerprint density at radius 3 is 2.71 bits per heavy atom. The zero-order chi connectivity index (χ0) is 29.2. The Balaban J connectivity index is 1.24. The predicted octanol–water partition coefficient (Wildman–Crippen LogP) is 3.81. The number of benzene rings is 1. The van der Waals surface area contributed by atoms with E-state index >= 15 is 0 Å². The number of aryl methyl sites for hydroxylation is 1. The van der Waals surface area contributed by atoms with E-state index in [2.05, 4.69) is 52.8 Å². The highest BCUT2D eigenvalue weighted by molar-refractivity contribution is 5.77. The van der Waals surface area contributed by atoms with E-state index in [0.717, 1.165) is 56.6 Å². The summed E-state index contributed by atoms with van der Waals surface area (Å²) in [7, 11) is 2.16. The number of nitrogens with zero attached hydrogens (tertiary/aromatic N) is 7. The predicted molar refractivity (Wildman–Crippen MR) is 160 cm³/mol. The van der Waals surface area contributed by atoms with Crippen LogP contribution in [0.3, 0.4) is 0 Å². The van der Waals surface area contributed by atoms with Crippen LogP contribution < -0.4 is 15.8 Å². The van der Waals surface area contributed by atoms with Gasteiger partial charge in [-0.15, -0.1) is 6.58 Å². The topological polar surface area (TPSA) is 104 Å². The average Bonchev–Trinajstić information content (AvgIpc) is 3.73. The Morgan fingerprint density at radius 1 is 1.17 bits per heavy atom. The number of anilines is 3. The van der Waals surface area contributed by atoms with Crippen LogP contribution in [0.15, 0.2) is 60.0 Å². The van der Waals surface area contributed by atoms with Crippen LogP contribution >= 0.6 is 0 Å². The molecule has 1 saturated heterocycles. The minimum atomic E-state index is -1.76. The SMILES string of the molecule is [2H][C@]1(O)c2nc(-n3c4nc(Nc5ccc(N6CCN(C)[C@@H](C)C6)cc5)ncc4c(=O)n3CC=C)ccc2CCC12CC2. The molecule has 212 valence electrons. The normalized spacial score (nSPS) is 23.8. The molecular weight excluding hydrogens is 516 g/mol. The lowest BCUT2D eigenvalue weighted by atomic mass is 9.82. The molecule has 0 radical (unpaired) electrons. The third-order valence-electron chi connectivity index (χ3n) is 9.06. The number of pyridine rings is 1. The average molecular weight is 554 g/mol. The van der Waals surface area contributed by atoms with Gasteiger partial charge >= 0.3 is 0 Å². The molecule has 2 atom stereocenters. The number of aromatic nitrogens is 5. The lowest BCUT2D eigenvalue weighted by molar-refractivity contribution is 0.0734.